The fourth-order valence-corrected chi connectivity index (χ4v) is 4.12. The van der Waals surface area contributed by atoms with Gasteiger partial charge in [-0.1, -0.05) is 43.8 Å². The first kappa shape index (κ1) is 19.6. The average Bonchev–Trinajstić information content (AvgIpc) is 3.51. The van der Waals surface area contributed by atoms with Crippen molar-refractivity contribution in [3.05, 3.63) is 54.4 Å². The summed E-state index contributed by atoms with van der Waals surface area (Å²) in [6.45, 7) is 4.34. The summed E-state index contributed by atoms with van der Waals surface area (Å²) in [7, 11) is 0. The lowest BCUT2D eigenvalue weighted by atomic mass is 9.97. The van der Waals surface area contributed by atoms with Crippen molar-refractivity contribution in [1.82, 2.24) is 19.7 Å². The van der Waals surface area contributed by atoms with Gasteiger partial charge in [-0.3, -0.25) is 14.3 Å². The summed E-state index contributed by atoms with van der Waals surface area (Å²) >= 11 is 1.44. The zero-order valence-corrected chi connectivity index (χ0v) is 17.5. The molecule has 2 heterocycles. The van der Waals surface area contributed by atoms with Crippen molar-refractivity contribution in [1.29, 1.82) is 0 Å². The molecule has 1 saturated carbocycles. The summed E-state index contributed by atoms with van der Waals surface area (Å²) in [6.07, 6.45) is 6.80. The highest BCUT2D eigenvalue weighted by Crippen LogP contribution is 2.41. The predicted octanol–water partition coefficient (Wildman–Crippen LogP) is 4.92. The molecule has 7 heteroatoms. The number of nitrogens with zero attached hydrogens (tertiary/aromatic N) is 4. The van der Waals surface area contributed by atoms with Crippen LogP contribution in [0.25, 0.3) is 11.4 Å². The molecule has 1 atom stereocenters. The minimum absolute atomic E-state index is 0.0263. The molecule has 6 nitrogen and oxygen atoms in total. The third-order valence-corrected chi connectivity index (χ3v) is 6.17. The van der Waals surface area contributed by atoms with E-state index in [0.717, 1.165) is 41.5 Å². The van der Waals surface area contributed by atoms with Gasteiger partial charge in [0, 0.05) is 29.7 Å². The Bertz CT molecular complexity index is 984. The summed E-state index contributed by atoms with van der Waals surface area (Å²) in [5.74, 6) is 1.53. The second-order valence-corrected chi connectivity index (χ2v) is 8.32. The fraction of sp³-hybridized carbons (Fsp3) is 0.364. The van der Waals surface area contributed by atoms with Gasteiger partial charge >= 0.3 is 0 Å². The van der Waals surface area contributed by atoms with Crippen LogP contribution in [0.3, 0.4) is 0 Å². The first-order valence-corrected chi connectivity index (χ1v) is 11.0. The summed E-state index contributed by atoms with van der Waals surface area (Å²) < 4.78 is 2.17. The van der Waals surface area contributed by atoms with E-state index in [1.165, 1.54) is 17.3 Å². The van der Waals surface area contributed by atoms with Crippen molar-refractivity contribution in [3.63, 3.8) is 0 Å². The normalized spacial score (nSPS) is 14.6. The van der Waals surface area contributed by atoms with Crippen molar-refractivity contribution in [2.75, 3.05) is 11.1 Å². The fourth-order valence-electron chi connectivity index (χ4n) is 3.31. The van der Waals surface area contributed by atoms with E-state index in [0.29, 0.717) is 17.7 Å². The number of carbonyl (C=O) groups is 1. The van der Waals surface area contributed by atoms with Crippen LogP contribution in [0, 0.1) is 0 Å². The highest BCUT2D eigenvalue weighted by Gasteiger charge is 2.30. The van der Waals surface area contributed by atoms with Crippen LogP contribution in [-0.4, -0.2) is 31.4 Å². The van der Waals surface area contributed by atoms with Crippen LogP contribution >= 0.6 is 11.8 Å². The van der Waals surface area contributed by atoms with Gasteiger partial charge in [-0.25, -0.2) is 0 Å². The van der Waals surface area contributed by atoms with E-state index in [1.54, 1.807) is 12.4 Å². The van der Waals surface area contributed by atoms with Gasteiger partial charge in [0.1, 0.15) is 0 Å². The SMILES string of the molecule is CC[C@@H](C)c1ccccc1NC(=O)CSc1nnc(-c2ccncc2)n1C1CC1. The number of pyridine rings is 1. The number of hydrogen-bond donors (Lipinski definition) is 1. The van der Waals surface area contributed by atoms with Gasteiger partial charge < -0.3 is 5.32 Å². The van der Waals surface area contributed by atoms with Gasteiger partial charge in [0.25, 0.3) is 0 Å². The molecule has 1 aromatic carbocycles. The largest absolute Gasteiger partial charge is 0.325 e. The maximum atomic E-state index is 12.6. The first-order valence-electron chi connectivity index (χ1n) is 10.0. The Hall–Kier alpha value is -2.67. The molecule has 0 spiro atoms. The van der Waals surface area contributed by atoms with E-state index < -0.39 is 0 Å². The number of aromatic nitrogens is 4. The monoisotopic (exact) mass is 407 g/mol. The molecule has 4 rings (SSSR count). The van der Waals surface area contributed by atoms with Crippen molar-refractivity contribution in [2.45, 2.75) is 50.2 Å². The first-order chi connectivity index (χ1) is 14.2. The summed E-state index contributed by atoms with van der Waals surface area (Å²) in [5.41, 5.74) is 3.07. The Labute approximate surface area is 175 Å². The van der Waals surface area contributed by atoms with E-state index in [2.05, 4.69) is 45.0 Å². The quantitative estimate of drug-likeness (QED) is 0.537. The molecule has 1 fully saturated rings. The molecule has 1 aliphatic rings. The van der Waals surface area contributed by atoms with E-state index in [9.17, 15) is 4.79 Å². The van der Waals surface area contributed by atoms with Gasteiger partial charge in [0.2, 0.25) is 5.91 Å². The predicted molar refractivity (Wildman–Crippen MR) is 116 cm³/mol. The van der Waals surface area contributed by atoms with E-state index >= 15 is 0 Å². The molecule has 0 unspecified atom stereocenters. The molecular formula is C22H25N5OS. The molecule has 1 N–H and O–H groups in total. The molecule has 0 radical (unpaired) electrons. The van der Waals surface area contributed by atoms with Crippen LogP contribution < -0.4 is 5.32 Å². The van der Waals surface area contributed by atoms with Gasteiger partial charge in [-0.15, -0.1) is 10.2 Å². The maximum Gasteiger partial charge on any atom is 0.234 e. The van der Waals surface area contributed by atoms with Gasteiger partial charge in [-0.05, 0) is 48.9 Å². The van der Waals surface area contributed by atoms with Crippen molar-refractivity contribution < 1.29 is 4.79 Å². The van der Waals surface area contributed by atoms with Crippen LogP contribution in [0.15, 0.2) is 53.9 Å². The van der Waals surface area contributed by atoms with Gasteiger partial charge in [0.15, 0.2) is 11.0 Å². The molecular weight excluding hydrogens is 382 g/mol. The highest BCUT2D eigenvalue weighted by molar-refractivity contribution is 7.99. The second-order valence-electron chi connectivity index (χ2n) is 7.38. The maximum absolute atomic E-state index is 12.6. The van der Waals surface area contributed by atoms with Crippen molar-refractivity contribution in [2.24, 2.45) is 0 Å². The topological polar surface area (TPSA) is 72.7 Å². The van der Waals surface area contributed by atoms with E-state index in [-0.39, 0.29) is 5.91 Å². The molecule has 1 amide bonds. The Morgan fingerprint density at radius 3 is 2.69 bits per heavy atom. The Balaban J connectivity index is 1.46. The summed E-state index contributed by atoms with van der Waals surface area (Å²) in [5, 5.41) is 12.6. The molecule has 0 bridgehead atoms. The number of rotatable bonds is 8. The van der Waals surface area contributed by atoms with Crippen molar-refractivity contribution in [3.8, 4) is 11.4 Å². The zero-order chi connectivity index (χ0) is 20.2. The number of benzene rings is 1. The summed E-state index contributed by atoms with van der Waals surface area (Å²) in [6, 6.07) is 12.3. The molecule has 29 heavy (non-hydrogen) atoms. The minimum Gasteiger partial charge on any atom is -0.325 e. The number of hydrogen-bond acceptors (Lipinski definition) is 5. The number of carbonyl (C=O) groups excluding carboxylic acids is 1. The van der Waals surface area contributed by atoms with Crippen LogP contribution in [0.2, 0.25) is 0 Å². The van der Waals surface area contributed by atoms with Crippen LogP contribution in [0.4, 0.5) is 5.69 Å². The number of thioether (sulfide) groups is 1. The molecule has 150 valence electrons. The lowest BCUT2D eigenvalue weighted by Gasteiger charge is -2.15. The second kappa shape index (κ2) is 8.78. The molecule has 1 aliphatic carbocycles. The average molecular weight is 408 g/mol. The number of amides is 1. The van der Waals surface area contributed by atoms with Crippen molar-refractivity contribution >= 4 is 23.4 Å². The zero-order valence-electron chi connectivity index (χ0n) is 16.7. The number of nitrogens with one attached hydrogen (secondary N) is 1. The summed E-state index contributed by atoms with van der Waals surface area (Å²) in [4.78, 5) is 16.7. The molecule has 0 aliphatic heterocycles. The smallest absolute Gasteiger partial charge is 0.234 e. The lowest BCUT2D eigenvalue weighted by Crippen LogP contribution is -2.16. The van der Waals surface area contributed by atoms with E-state index in [1.807, 2.05) is 30.3 Å². The van der Waals surface area contributed by atoms with Gasteiger partial charge in [-0.2, -0.15) is 0 Å². The third kappa shape index (κ3) is 4.50. The van der Waals surface area contributed by atoms with Crippen LogP contribution in [0.5, 0.6) is 0 Å². The highest BCUT2D eigenvalue weighted by atomic mass is 32.2. The molecule has 3 aromatic rings. The third-order valence-electron chi connectivity index (χ3n) is 5.23. The molecule has 0 saturated heterocycles. The number of anilines is 1. The number of para-hydroxylation sites is 1. The van der Waals surface area contributed by atoms with E-state index in [4.69, 9.17) is 0 Å². The van der Waals surface area contributed by atoms with Gasteiger partial charge in [0.05, 0.1) is 5.75 Å². The Kier molecular flexibility index (Phi) is 5.94. The minimum atomic E-state index is -0.0263. The molecule has 2 aromatic heterocycles. The lowest BCUT2D eigenvalue weighted by molar-refractivity contribution is -0.113. The van der Waals surface area contributed by atoms with Crippen LogP contribution in [0.1, 0.15) is 50.6 Å². The van der Waals surface area contributed by atoms with Crippen LogP contribution in [-0.2, 0) is 4.79 Å². The Morgan fingerprint density at radius 2 is 1.97 bits per heavy atom. The Morgan fingerprint density at radius 1 is 1.21 bits per heavy atom. The standard InChI is InChI=1S/C22H25N5OS/c1-3-15(2)18-6-4-5-7-19(18)24-20(28)14-29-22-26-25-21(27(22)17-8-9-17)16-10-12-23-13-11-16/h4-7,10-13,15,17H,3,8-9,14H2,1-2H3,(H,24,28)/t15-/m1/s1.